The molecule has 1 aromatic heterocycles. The summed E-state index contributed by atoms with van der Waals surface area (Å²) in [6.45, 7) is 10.3. The van der Waals surface area contributed by atoms with Gasteiger partial charge in [0.15, 0.2) is 5.78 Å². The lowest BCUT2D eigenvalue weighted by atomic mass is 10.1. The molecule has 116 valence electrons. The van der Waals surface area contributed by atoms with Crippen molar-refractivity contribution < 1.29 is 4.79 Å². The zero-order valence-corrected chi connectivity index (χ0v) is 13.7. The van der Waals surface area contributed by atoms with Gasteiger partial charge in [-0.1, -0.05) is 0 Å². The molecule has 0 aliphatic carbocycles. The summed E-state index contributed by atoms with van der Waals surface area (Å²) in [6.07, 6.45) is 2.61. The number of Topliss-reactive ketones (excluding diaryl/α,β-unsaturated/α-hetero) is 1. The largest absolute Gasteiger partial charge is 0.351 e. The number of aryl methyl sites for hydroxylation is 1. The van der Waals surface area contributed by atoms with E-state index in [1.807, 2.05) is 20.0 Å². The molecule has 3 heterocycles. The van der Waals surface area contributed by atoms with Crippen molar-refractivity contribution in [2.45, 2.75) is 45.7 Å². The van der Waals surface area contributed by atoms with Crippen LogP contribution in [-0.2, 0) is 7.05 Å². The van der Waals surface area contributed by atoms with Gasteiger partial charge >= 0.3 is 0 Å². The Hall–Kier alpha value is -1.13. The fraction of sp³-hybridized carbons (Fsp3) is 0.706. The van der Waals surface area contributed by atoms with Gasteiger partial charge in [0.05, 0.1) is 6.54 Å². The number of hydrogen-bond donors (Lipinski definition) is 0. The lowest BCUT2D eigenvalue weighted by Gasteiger charge is -2.42. The zero-order valence-electron chi connectivity index (χ0n) is 13.7. The third kappa shape index (κ3) is 2.67. The summed E-state index contributed by atoms with van der Waals surface area (Å²) in [6, 6.07) is 3.19. The van der Waals surface area contributed by atoms with Crippen molar-refractivity contribution in [3.8, 4) is 0 Å². The molecule has 2 fully saturated rings. The first-order valence-electron chi connectivity index (χ1n) is 8.11. The Balaban J connectivity index is 1.70. The number of hydrogen-bond acceptors (Lipinski definition) is 3. The molecule has 0 saturated carbocycles. The van der Waals surface area contributed by atoms with Crippen LogP contribution in [0.5, 0.6) is 0 Å². The summed E-state index contributed by atoms with van der Waals surface area (Å²) < 4.78 is 2.10. The molecule has 21 heavy (non-hydrogen) atoms. The van der Waals surface area contributed by atoms with Gasteiger partial charge in [-0.2, -0.15) is 0 Å². The lowest BCUT2D eigenvalue weighted by molar-refractivity contribution is 0.0535. The summed E-state index contributed by atoms with van der Waals surface area (Å²) in [5.41, 5.74) is 3.14. The van der Waals surface area contributed by atoms with Crippen LogP contribution in [0.3, 0.4) is 0 Å². The van der Waals surface area contributed by atoms with Gasteiger partial charge in [-0.25, -0.2) is 0 Å². The molecule has 4 nitrogen and oxygen atoms in total. The average molecular weight is 289 g/mol. The standard InChI is InChI=1S/C17H27N3O/c1-12-8-16(14(3)18(12)4)17(21)11-20-10-15-6-5-7-19(15)9-13(20)2/h8,13,15H,5-7,9-11H2,1-4H3. The SMILES string of the molecule is Cc1cc(C(=O)CN2CC3CCCN3CC2C)c(C)n1C. The molecular formula is C17H27N3O. The van der Waals surface area contributed by atoms with Crippen LogP contribution in [0, 0.1) is 13.8 Å². The van der Waals surface area contributed by atoms with Gasteiger partial charge in [0.25, 0.3) is 0 Å². The van der Waals surface area contributed by atoms with Crippen molar-refractivity contribution in [2.24, 2.45) is 7.05 Å². The number of nitrogens with zero attached hydrogens (tertiary/aromatic N) is 3. The Morgan fingerprint density at radius 2 is 2.10 bits per heavy atom. The molecule has 2 unspecified atom stereocenters. The minimum Gasteiger partial charge on any atom is -0.351 e. The number of fused-ring (bicyclic) bond motifs is 1. The quantitative estimate of drug-likeness (QED) is 0.797. The van der Waals surface area contributed by atoms with Crippen LogP contribution in [0.2, 0.25) is 0 Å². The first-order valence-corrected chi connectivity index (χ1v) is 8.11. The van der Waals surface area contributed by atoms with E-state index in [0.29, 0.717) is 18.6 Å². The highest BCUT2D eigenvalue weighted by molar-refractivity contribution is 5.99. The molecule has 1 aromatic rings. The van der Waals surface area contributed by atoms with E-state index in [9.17, 15) is 4.79 Å². The summed E-state index contributed by atoms with van der Waals surface area (Å²) in [7, 11) is 2.03. The molecule has 0 N–H and O–H groups in total. The Morgan fingerprint density at radius 3 is 2.76 bits per heavy atom. The summed E-state index contributed by atoms with van der Waals surface area (Å²) in [5.74, 6) is 0.273. The Bertz CT molecular complexity index is 548. The average Bonchev–Trinajstić information content (AvgIpc) is 2.99. The smallest absolute Gasteiger partial charge is 0.178 e. The van der Waals surface area contributed by atoms with Crippen molar-refractivity contribution in [1.82, 2.24) is 14.4 Å². The Labute approximate surface area is 127 Å². The number of ketones is 1. The van der Waals surface area contributed by atoms with E-state index in [2.05, 4.69) is 28.2 Å². The number of rotatable bonds is 3. The van der Waals surface area contributed by atoms with E-state index in [1.165, 1.54) is 19.4 Å². The monoisotopic (exact) mass is 289 g/mol. The highest BCUT2D eigenvalue weighted by Crippen LogP contribution is 2.25. The van der Waals surface area contributed by atoms with Crippen LogP contribution in [0.25, 0.3) is 0 Å². The van der Waals surface area contributed by atoms with Gasteiger partial charge in [0, 0.05) is 49.2 Å². The summed E-state index contributed by atoms with van der Waals surface area (Å²) >= 11 is 0. The highest BCUT2D eigenvalue weighted by Gasteiger charge is 2.35. The van der Waals surface area contributed by atoms with E-state index in [0.717, 1.165) is 30.0 Å². The molecule has 0 radical (unpaired) electrons. The maximum absolute atomic E-state index is 12.7. The first kappa shape index (κ1) is 14.8. The molecule has 0 spiro atoms. The maximum Gasteiger partial charge on any atom is 0.178 e. The predicted octanol–water partition coefficient (Wildman–Crippen LogP) is 1.99. The molecule has 2 atom stereocenters. The molecule has 0 amide bonds. The fourth-order valence-electron chi connectivity index (χ4n) is 3.88. The topological polar surface area (TPSA) is 28.5 Å². The minimum atomic E-state index is 0.273. The van der Waals surface area contributed by atoms with E-state index in [4.69, 9.17) is 0 Å². The second kappa shape index (κ2) is 5.58. The van der Waals surface area contributed by atoms with Crippen molar-refractivity contribution in [3.63, 3.8) is 0 Å². The van der Waals surface area contributed by atoms with Crippen LogP contribution in [0.1, 0.15) is 41.5 Å². The molecule has 2 saturated heterocycles. The molecule has 2 aliphatic rings. The number of carbonyl (C=O) groups is 1. The van der Waals surface area contributed by atoms with Gasteiger partial charge < -0.3 is 4.57 Å². The van der Waals surface area contributed by atoms with Gasteiger partial charge in [-0.05, 0) is 46.2 Å². The van der Waals surface area contributed by atoms with Crippen molar-refractivity contribution in [3.05, 3.63) is 23.0 Å². The Morgan fingerprint density at radius 1 is 1.33 bits per heavy atom. The van der Waals surface area contributed by atoms with Gasteiger partial charge in [0.2, 0.25) is 0 Å². The minimum absolute atomic E-state index is 0.273. The number of piperazine rings is 1. The third-order valence-electron chi connectivity index (χ3n) is 5.49. The second-order valence-corrected chi connectivity index (χ2v) is 6.84. The maximum atomic E-state index is 12.7. The van der Waals surface area contributed by atoms with Crippen LogP contribution < -0.4 is 0 Å². The third-order valence-corrected chi connectivity index (χ3v) is 5.49. The van der Waals surface area contributed by atoms with Crippen molar-refractivity contribution >= 4 is 5.78 Å². The summed E-state index contributed by atoms with van der Waals surface area (Å²) in [5, 5.41) is 0. The van der Waals surface area contributed by atoms with Crippen LogP contribution in [-0.4, -0.2) is 58.4 Å². The zero-order chi connectivity index (χ0) is 15.1. The number of aromatic nitrogens is 1. The molecular weight excluding hydrogens is 262 g/mol. The molecule has 4 heteroatoms. The molecule has 3 rings (SSSR count). The molecule has 0 bridgehead atoms. The van der Waals surface area contributed by atoms with Crippen molar-refractivity contribution in [1.29, 1.82) is 0 Å². The Kier molecular flexibility index (Phi) is 3.93. The molecule has 2 aliphatic heterocycles. The van der Waals surface area contributed by atoms with E-state index in [-0.39, 0.29) is 5.78 Å². The fourth-order valence-corrected chi connectivity index (χ4v) is 3.88. The lowest BCUT2D eigenvalue weighted by Crippen LogP contribution is -2.55. The normalized spacial score (nSPS) is 27.0. The van der Waals surface area contributed by atoms with Gasteiger partial charge in [-0.15, -0.1) is 0 Å². The van der Waals surface area contributed by atoms with E-state index >= 15 is 0 Å². The van der Waals surface area contributed by atoms with Gasteiger partial charge in [-0.3, -0.25) is 14.6 Å². The first-order chi connectivity index (χ1) is 9.97. The number of carbonyl (C=O) groups excluding carboxylic acids is 1. The second-order valence-electron chi connectivity index (χ2n) is 6.84. The van der Waals surface area contributed by atoms with E-state index in [1.54, 1.807) is 0 Å². The molecule has 0 aromatic carbocycles. The van der Waals surface area contributed by atoms with E-state index < -0.39 is 0 Å². The predicted molar refractivity (Wildman–Crippen MR) is 84.8 cm³/mol. The van der Waals surface area contributed by atoms with Crippen LogP contribution in [0.15, 0.2) is 6.07 Å². The summed E-state index contributed by atoms with van der Waals surface area (Å²) in [4.78, 5) is 17.7. The van der Waals surface area contributed by atoms with Crippen molar-refractivity contribution in [2.75, 3.05) is 26.2 Å². The van der Waals surface area contributed by atoms with Gasteiger partial charge in [0.1, 0.15) is 0 Å². The highest BCUT2D eigenvalue weighted by atomic mass is 16.1. The van der Waals surface area contributed by atoms with Crippen LogP contribution >= 0.6 is 0 Å². The van der Waals surface area contributed by atoms with Crippen LogP contribution in [0.4, 0.5) is 0 Å².